The highest BCUT2D eigenvalue weighted by molar-refractivity contribution is 7.89. The first kappa shape index (κ1) is 19.1. The van der Waals surface area contributed by atoms with Crippen molar-refractivity contribution in [3.05, 3.63) is 46.2 Å². The number of nitrogens with one attached hydrogen (secondary N) is 1. The molecule has 0 aliphatic carbocycles. The summed E-state index contributed by atoms with van der Waals surface area (Å²) in [6, 6.07) is 7.79. The van der Waals surface area contributed by atoms with E-state index in [0.29, 0.717) is 11.3 Å². The Hall–Kier alpha value is -2.23. The molecule has 0 radical (unpaired) electrons. The van der Waals surface area contributed by atoms with Crippen LogP contribution in [-0.2, 0) is 14.8 Å². The Labute approximate surface area is 150 Å². The zero-order valence-electron chi connectivity index (χ0n) is 13.9. The number of benzene rings is 1. The maximum absolute atomic E-state index is 12.4. The minimum atomic E-state index is -3.71. The van der Waals surface area contributed by atoms with Crippen molar-refractivity contribution in [2.24, 2.45) is 0 Å². The van der Waals surface area contributed by atoms with Crippen LogP contribution in [0.3, 0.4) is 0 Å². The van der Waals surface area contributed by atoms with E-state index < -0.39 is 27.8 Å². The van der Waals surface area contributed by atoms with Crippen molar-refractivity contribution in [1.29, 1.82) is 0 Å². The van der Waals surface area contributed by atoms with Gasteiger partial charge < -0.3 is 10.4 Å². The molecule has 0 fully saturated rings. The summed E-state index contributed by atoms with van der Waals surface area (Å²) in [6.45, 7) is 1.57. The number of hydrogen-bond acceptors (Lipinski definition) is 5. The highest BCUT2D eigenvalue weighted by atomic mass is 32.2. The van der Waals surface area contributed by atoms with Gasteiger partial charge >= 0.3 is 5.97 Å². The molecule has 1 amide bonds. The third kappa shape index (κ3) is 4.06. The van der Waals surface area contributed by atoms with Crippen molar-refractivity contribution >= 4 is 38.9 Å². The van der Waals surface area contributed by atoms with Crippen molar-refractivity contribution in [2.45, 2.75) is 17.7 Å². The molecule has 1 unspecified atom stereocenters. The van der Waals surface area contributed by atoms with Gasteiger partial charge in [-0.25, -0.2) is 12.7 Å². The molecule has 2 aromatic rings. The Kier molecular flexibility index (Phi) is 5.61. The molecule has 134 valence electrons. The zero-order chi connectivity index (χ0) is 18.8. The molecule has 1 atom stereocenters. The summed E-state index contributed by atoms with van der Waals surface area (Å²) in [5, 5.41) is 13.2. The van der Waals surface area contributed by atoms with E-state index in [0.717, 1.165) is 15.6 Å². The van der Waals surface area contributed by atoms with Crippen LogP contribution in [-0.4, -0.2) is 43.8 Å². The van der Waals surface area contributed by atoms with E-state index >= 15 is 0 Å². The van der Waals surface area contributed by atoms with E-state index in [4.69, 9.17) is 5.11 Å². The molecular weight excluding hydrogens is 364 g/mol. The number of aliphatic carboxylic acids is 1. The average molecular weight is 382 g/mol. The summed E-state index contributed by atoms with van der Waals surface area (Å²) in [5.74, 6) is -2.12. The lowest BCUT2D eigenvalue weighted by Gasteiger charge is -2.12. The second-order valence-electron chi connectivity index (χ2n) is 5.54. The van der Waals surface area contributed by atoms with Crippen molar-refractivity contribution < 1.29 is 23.1 Å². The summed E-state index contributed by atoms with van der Waals surface area (Å²) < 4.78 is 25.6. The number of thiophene rings is 1. The van der Waals surface area contributed by atoms with Crippen LogP contribution in [0.25, 0.3) is 0 Å². The summed E-state index contributed by atoms with van der Waals surface area (Å²) in [4.78, 5) is 23.4. The van der Waals surface area contributed by atoms with Crippen LogP contribution in [0.5, 0.6) is 0 Å². The standard InChI is InChI=1S/C16H18N2O5S2/c1-10(16(20)21)11-4-6-12(7-5-11)17-15(19)14-13(8-9-24-14)25(22,23)18(2)3/h4-10H,1-3H3,(H,17,19)(H,20,21). The molecule has 0 aliphatic heterocycles. The Morgan fingerprint density at radius 2 is 1.76 bits per heavy atom. The quantitative estimate of drug-likeness (QED) is 0.799. The monoisotopic (exact) mass is 382 g/mol. The fourth-order valence-electron chi connectivity index (χ4n) is 2.05. The molecule has 0 bridgehead atoms. The minimum Gasteiger partial charge on any atom is -0.481 e. The summed E-state index contributed by atoms with van der Waals surface area (Å²) >= 11 is 1.04. The number of anilines is 1. The highest BCUT2D eigenvalue weighted by Crippen LogP contribution is 2.25. The van der Waals surface area contributed by atoms with Crippen molar-refractivity contribution in [3.63, 3.8) is 0 Å². The van der Waals surface area contributed by atoms with E-state index in [1.54, 1.807) is 36.6 Å². The zero-order valence-corrected chi connectivity index (χ0v) is 15.5. The second kappa shape index (κ2) is 7.34. The van der Waals surface area contributed by atoms with Crippen LogP contribution >= 0.6 is 11.3 Å². The molecule has 9 heteroatoms. The largest absolute Gasteiger partial charge is 0.481 e. The number of sulfonamides is 1. The van der Waals surface area contributed by atoms with Gasteiger partial charge in [-0.3, -0.25) is 9.59 Å². The number of rotatable bonds is 6. The van der Waals surface area contributed by atoms with E-state index in [1.165, 1.54) is 20.2 Å². The first-order chi connectivity index (χ1) is 11.6. The smallest absolute Gasteiger partial charge is 0.310 e. The molecule has 2 N–H and O–H groups in total. The van der Waals surface area contributed by atoms with Crippen LogP contribution in [0.1, 0.15) is 28.1 Å². The van der Waals surface area contributed by atoms with Crippen LogP contribution in [0.2, 0.25) is 0 Å². The van der Waals surface area contributed by atoms with E-state index in [9.17, 15) is 18.0 Å². The third-order valence-electron chi connectivity index (χ3n) is 3.63. The fraction of sp³-hybridized carbons (Fsp3) is 0.250. The van der Waals surface area contributed by atoms with Gasteiger partial charge in [-0.2, -0.15) is 0 Å². The summed E-state index contributed by atoms with van der Waals surface area (Å²) in [7, 11) is -0.912. The van der Waals surface area contributed by atoms with Gasteiger partial charge in [-0.15, -0.1) is 11.3 Å². The van der Waals surface area contributed by atoms with Gasteiger partial charge in [-0.1, -0.05) is 12.1 Å². The molecule has 7 nitrogen and oxygen atoms in total. The molecule has 1 aromatic heterocycles. The van der Waals surface area contributed by atoms with Crippen molar-refractivity contribution in [1.82, 2.24) is 4.31 Å². The van der Waals surface area contributed by atoms with Gasteiger partial charge in [0, 0.05) is 19.8 Å². The van der Waals surface area contributed by atoms with Crippen LogP contribution in [0, 0.1) is 0 Å². The van der Waals surface area contributed by atoms with Crippen LogP contribution in [0.15, 0.2) is 40.6 Å². The summed E-state index contributed by atoms with van der Waals surface area (Å²) in [5.41, 5.74) is 1.06. The van der Waals surface area contributed by atoms with Gasteiger partial charge in [0.25, 0.3) is 5.91 Å². The van der Waals surface area contributed by atoms with E-state index in [2.05, 4.69) is 5.32 Å². The first-order valence-corrected chi connectivity index (χ1v) is 9.60. The summed E-state index contributed by atoms with van der Waals surface area (Å²) in [6.07, 6.45) is 0. The third-order valence-corrected chi connectivity index (χ3v) is 6.53. The number of carboxylic acid groups (broad SMARTS) is 1. The minimum absolute atomic E-state index is 0.0453. The number of amides is 1. The number of nitrogens with zero attached hydrogens (tertiary/aromatic N) is 1. The first-order valence-electron chi connectivity index (χ1n) is 7.28. The molecule has 0 saturated heterocycles. The Morgan fingerprint density at radius 3 is 2.28 bits per heavy atom. The molecule has 0 spiro atoms. The lowest BCUT2D eigenvalue weighted by atomic mass is 10.0. The molecule has 2 rings (SSSR count). The normalized spacial score (nSPS) is 12.8. The molecule has 0 saturated carbocycles. The lowest BCUT2D eigenvalue weighted by molar-refractivity contribution is -0.138. The maximum atomic E-state index is 12.4. The Morgan fingerprint density at radius 1 is 1.16 bits per heavy atom. The van der Waals surface area contributed by atoms with Gasteiger partial charge in [0.15, 0.2) is 0 Å². The van der Waals surface area contributed by atoms with Crippen molar-refractivity contribution in [2.75, 3.05) is 19.4 Å². The second-order valence-corrected chi connectivity index (χ2v) is 8.57. The van der Waals surface area contributed by atoms with Gasteiger partial charge in [0.05, 0.1) is 5.92 Å². The van der Waals surface area contributed by atoms with Crippen LogP contribution in [0.4, 0.5) is 5.69 Å². The highest BCUT2D eigenvalue weighted by Gasteiger charge is 2.26. The van der Waals surface area contributed by atoms with Gasteiger partial charge in [-0.05, 0) is 36.1 Å². The SMILES string of the molecule is CC(C(=O)O)c1ccc(NC(=O)c2sccc2S(=O)(=O)N(C)C)cc1. The average Bonchev–Trinajstić information content (AvgIpc) is 3.05. The topological polar surface area (TPSA) is 104 Å². The van der Waals surface area contributed by atoms with E-state index in [-0.39, 0.29) is 9.77 Å². The number of carbonyl (C=O) groups is 2. The number of hydrogen-bond donors (Lipinski definition) is 2. The Balaban J connectivity index is 2.22. The number of carbonyl (C=O) groups excluding carboxylic acids is 1. The molecule has 1 aromatic carbocycles. The van der Waals surface area contributed by atoms with Crippen molar-refractivity contribution in [3.8, 4) is 0 Å². The molecule has 1 heterocycles. The lowest BCUT2D eigenvalue weighted by Crippen LogP contribution is -2.24. The number of carboxylic acids is 1. The van der Waals surface area contributed by atoms with Gasteiger partial charge in [0.2, 0.25) is 10.0 Å². The molecule has 0 aliphatic rings. The predicted molar refractivity (Wildman–Crippen MR) is 95.6 cm³/mol. The fourth-order valence-corrected chi connectivity index (χ4v) is 4.24. The maximum Gasteiger partial charge on any atom is 0.310 e. The van der Waals surface area contributed by atoms with E-state index in [1.807, 2.05) is 0 Å². The Bertz CT molecular complexity index is 886. The molecular formula is C16H18N2O5S2. The van der Waals surface area contributed by atoms with Gasteiger partial charge in [0.1, 0.15) is 9.77 Å². The van der Waals surface area contributed by atoms with Crippen LogP contribution < -0.4 is 5.32 Å². The molecule has 25 heavy (non-hydrogen) atoms. The predicted octanol–water partition coefficient (Wildman–Crippen LogP) is 2.44.